The molecule has 0 N–H and O–H groups in total. The summed E-state index contributed by atoms with van der Waals surface area (Å²) in [6.07, 6.45) is 0.481. The molecule has 100 valence electrons. The van der Waals surface area contributed by atoms with Gasteiger partial charge >= 0.3 is 5.97 Å². The van der Waals surface area contributed by atoms with Gasteiger partial charge in [-0.3, -0.25) is 0 Å². The van der Waals surface area contributed by atoms with E-state index in [1.807, 2.05) is 0 Å². The van der Waals surface area contributed by atoms with Gasteiger partial charge in [0, 0.05) is 0 Å². The Morgan fingerprint density at radius 1 is 1.42 bits per heavy atom. The van der Waals surface area contributed by atoms with Gasteiger partial charge in [0.1, 0.15) is 12.1 Å². The van der Waals surface area contributed by atoms with Gasteiger partial charge in [0.15, 0.2) is 6.10 Å². The van der Waals surface area contributed by atoms with E-state index in [0.717, 1.165) is 0 Å². The molecule has 0 saturated carbocycles. The third-order valence-electron chi connectivity index (χ3n) is 2.47. The lowest BCUT2D eigenvalue weighted by molar-refractivity contribution is -0.150. The standard InChI is InChI=1S/C13H13FN2O3/c1-3-18-13(17)8(2)19-12-10-6-9(14)4-5-11(10)15-7-16-12/h4-8H,3H2,1-2H3. The maximum atomic E-state index is 13.2. The van der Waals surface area contributed by atoms with Gasteiger partial charge in [0.2, 0.25) is 5.88 Å². The second-order valence-corrected chi connectivity index (χ2v) is 3.85. The van der Waals surface area contributed by atoms with Crippen LogP contribution in [0.15, 0.2) is 24.5 Å². The van der Waals surface area contributed by atoms with Crippen molar-refractivity contribution in [1.29, 1.82) is 0 Å². The molecule has 0 aliphatic rings. The van der Waals surface area contributed by atoms with E-state index < -0.39 is 17.9 Å². The highest BCUT2D eigenvalue weighted by molar-refractivity contribution is 5.83. The van der Waals surface area contributed by atoms with E-state index in [4.69, 9.17) is 9.47 Å². The van der Waals surface area contributed by atoms with Crippen LogP contribution in [0.5, 0.6) is 5.88 Å². The van der Waals surface area contributed by atoms with Gasteiger partial charge in [-0.25, -0.2) is 19.2 Å². The van der Waals surface area contributed by atoms with Gasteiger partial charge in [-0.2, -0.15) is 0 Å². The zero-order valence-electron chi connectivity index (χ0n) is 10.6. The minimum atomic E-state index is -0.818. The molecule has 1 aromatic heterocycles. The highest BCUT2D eigenvalue weighted by atomic mass is 19.1. The maximum Gasteiger partial charge on any atom is 0.347 e. The summed E-state index contributed by atoms with van der Waals surface area (Å²) in [4.78, 5) is 19.4. The minimum Gasteiger partial charge on any atom is -0.463 e. The monoisotopic (exact) mass is 264 g/mol. The highest BCUT2D eigenvalue weighted by Gasteiger charge is 2.18. The smallest absolute Gasteiger partial charge is 0.347 e. The molecule has 0 radical (unpaired) electrons. The van der Waals surface area contributed by atoms with Gasteiger partial charge in [0.05, 0.1) is 17.5 Å². The lowest BCUT2D eigenvalue weighted by Gasteiger charge is -2.13. The van der Waals surface area contributed by atoms with Gasteiger partial charge in [0.25, 0.3) is 0 Å². The summed E-state index contributed by atoms with van der Waals surface area (Å²) < 4.78 is 23.5. The number of hydrogen-bond donors (Lipinski definition) is 0. The first-order valence-corrected chi connectivity index (χ1v) is 5.85. The number of ether oxygens (including phenoxy) is 2. The molecule has 0 fully saturated rings. The van der Waals surface area contributed by atoms with E-state index in [9.17, 15) is 9.18 Å². The van der Waals surface area contributed by atoms with Crippen LogP contribution in [0.3, 0.4) is 0 Å². The van der Waals surface area contributed by atoms with E-state index in [2.05, 4.69) is 9.97 Å². The third kappa shape index (κ3) is 2.96. The number of benzene rings is 1. The van der Waals surface area contributed by atoms with Crippen LogP contribution in [0.1, 0.15) is 13.8 Å². The Morgan fingerprint density at radius 2 is 2.21 bits per heavy atom. The molecule has 2 rings (SSSR count). The first kappa shape index (κ1) is 13.2. The Bertz CT molecular complexity index is 603. The molecule has 5 nitrogen and oxygen atoms in total. The largest absolute Gasteiger partial charge is 0.463 e. The average Bonchev–Trinajstić information content (AvgIpc) is 2.39. The molecule has 1 aromatic carbocycles. The van der Waals surface area contributed by atoms with Crippen molar-refractivity contribution in [2.24, 2.45) is 0 Å². The molecule has 1 atom stereocenters. The Hall–Kier alpha value is -2.24. The molecule has 0 bridgehead atoms. The summed E-state index contributed by atoms with van der Waals surface area (Å²) in [6.45, 7) is 3.52. The highest BCUT2D eigenvalue weighted by Crippen LogP contribution is 2.23. The van der Waals surface area contributed by atoms with E-state index in [-0.39, 0.29) is 12.5 Å². The summed E-state index contributed by atoms with van der Waals surface area (Å²) in [5, 5.41) is 0.415. The van der Waals surface area contributed by atoms with Crippen LogP contribution in [0.2, 0.25) is 0 Å². The first-order chi connectivity index (χ1) is 9.11. The van der Waals surface area contributed by atoms with Crippen molar-refractivity contribution < 1.29 is 18.7 Å². The summed E-state index contributed by atoms with van der Waals surface area (Å²) in [7, 11) is 0. The summed E-state index contributed by atoms with van der Waals surface area (Å²) >= 11 is 0. The number of carbonyl (C=O) groups is 1. The number of esters is 1. The van der Waals surface area contributed by atoms with Gasteiger partial charge in [-0.15, -0.1) is 0 Å². The fraction of sp³-hybridized carbons (Fsp3) is 0.308. The lowest BCUT2D eigenvalue weighted by atomic mass is 10.2. The summed E-state index contributed by atoms with van der Waals surface area (Å²) in [6, 6.07) is 4.09. The molecule has 0 saturated heterocycles. The topological polar surface area (TPSA) is 61.3 Å². The van der Waals surface area contributed by atoms with Crippen molar-refractivity contribution in [2.45, 2.75) is 20.0 Å². The second-order valence-electron chi connectivity index (χ2n) is 3.85. The molecule has 0 aliphatic carbocycles. The van der Waals surface area contributed by atoms with Crippen molar-refractivity contribution in [1.82, 2.24) is 9.97 Å². The number of fused-ring (bicyclic) bond motifs is 1. The lowest BCUT2D eigenvalue weighted by Crippen LogP contribution is -2.26. The molecular formula is C13H13FN2O3. The predicted molar refractivity (Wildman–Crippen MR) is 66.2 cm³/mol. The van der Waals surface area contributed by atoms with E-state index in [0.29, 0.717) is 10.9 Å². The number of rotatable bonds is 4. The van der Waals surface area contributed by atoms with Crippen molar-refractivity contribution in [3.63, 3.8) is 0 Å². The molecule has 0 spiro atoms. The quantitative estimate of drug-likeness (QED) is 0.791. The van der Waals surface area contributed by atoms with Gasteiger partial charge in [-0.05, 0) is 32.0 Å². The van der Waals surface area contributed by atoms with Gasteiger partial charge < -0.3 is 9.47 Å². The van der Waals surface area contributed by atoms with Crippen LogP contribution in [0.25, 0.3) is 10.9 Å². The van der Waals surface area contributed by atoms with E-state index in [1.54, 1.807) is 13.8 Å². The summed E-state index contributed by atoms with van der Waals surface area (Å²) in [5.74, 6) is -0.758. The molecule has 1 unspecified atom stereocenters. The van der Waals surface area contributed by atoms with Crippen molar-refractivity contribution >= 4 is 16.9 Å². The van der Waals surface area contributed by atoms with Crippen LogP contribution in [0, 0.1) is 5.82 Å². The number of carbonyl (C=O) groups excluding carboxylic acids is 1. The second kappa shape index (κ2) is 5.60. The molecule has 19 heavy (non-hydrogen) atoms. The molecule has 6 heteroatoms. The fourth-order valence-electron chi connectivity index (χ4n) is 1.57. The third-order valence-corrected chi connectivity index (χ3v) is 2.47. The Balaban J connectivity index is 2.30. The maximum absolute atomic E-state index is 13.2. The number of hydrogen-bond acceptors (Lipinski definition) is 5. The van der Waals surface area contributed by atoms with E-state index in [1.165, 1.54) is 24.5 Å². The Kier molecular flexibility index (Phi) is 3.89. The predicted octanol–water partition coefficient (Wildman–Crippen LogP) is 2.10. The zero-order valence-corrected chi connectivity index (χ0v) is 10.6. The Morgan fingerprint density at radius 3 is 2.95 bits per heavy atom. The van der Waals surface area contributed by atoms with Crippen molar-refractivity contribution in [3.05, 3.63) is 30.3 Å². The fourth-order valence-corrected chi connectivity index (χ4v) is 1.57. The van der Waals surface area contributed by atoms with Crippen LogP contribution in [0.4, 0.5) is 4.39 Å². The number of aromatic nitrogens is 2. The van der Waals surface area contributed by atoms with Crippen LogP contribution < -0.4 is 4.74 Å². The van der Waals surface area contributed by atoms with Crippen LogP contribution >= 0.6 is 0 Å². The summed E-state index contributed by atoms with van der Waals surface area (Å²) in [5.41, 5.74) is 0.544. The zero-order chi connectivity index (χ0) is 13.8. The number of nitrogens with zero attached hydrogens (tertiary/aromatic N) is 2. The van der Waals surface area contributed by atoms with Crippen LogP contribution in [-0.2, 0) is 9.53 Å². The average molecular weight is 264 g/mol. The molecular weight excluding hydrogens is 251 g/mol. The first-order valence-electron chi connectivity index (χ1n) is 5.85. The normalized spacial score (nSPS) is 12.2. The molecule has 0 aliphatic heterocycles. The molecule has 1 heterocycles. The molecule has 2 aromatic rings. The van der Waals surface area contributed by atoms with Crippen molar-refractivity contribution in [3.8, 4) is 5.88 Å². The number of halogens is 1. The van der Waals surface area contributed by atoms with Crippen LogP contribution in [-0.4, -0.2) is 28.6 Å². The van der Waals surface area contributed by atoms with E-state index >= 15 is 0 Å². The van der Waals surface area contributed by atoms with Gasteiger partial charge in [-0.1, -0.05) is 0 Å². The SMILES string of the molecule is CCOC(=O)C(C)Oc1ncnc2ccc(F)cc12. The molecule has 0 amide bonds. The van der Waals surface area contributed by atoms with Crippen molar-refractivity contribution in [2.75, 3.05) is 6.61 Å². The Labute approximate surface area is 109 Å². The minimum absolute atomic E-state index is 0.157.